The van der Waals surface area contributed by atoms with Crippen molar-refractivity contribution < 1.29 is 61.7 Å². The fraction of sp³-hybridized carbons (Fsp3) is 0.246. The zero-order valence-corrected chi connectivity index (χ0v) is 47.8. The van der Waals surface area contributed by atoms with E-state index in [0.717, 1.165) is 43.2 Å². The van der Waals surface area contributed by atoms with Crippen LogP contribution in [-0.2, 0) is 18.6 Å². The average Bonchev–Trinajstić information content (AvgIpc) is 4.50. The molecule has 2 aromatic carbocycles. The van der Waals surface area contributed by atoms with E-state index in [1.165, 1.54) is 17.7 Å². The molecule has 1 atom stereocenters. The standard InChI is InChI=1S/C23H21N4O4P.C13H17BN2O5.C13H16N2O3.C8H8N2O/c1-3-30-32(28,16-7-5-4-6-8-16)31-15-9-10-18-17(13-15)23(27-26-18)21-14-20-19(24-21)11-12-22(25-20)29-2;1-13(2,3)21-12(17)16-9-5-6-11(20-4)15-8(9)7-10(16)14(18)19;1-13(2,3)18-12(16)15-8-7-9-10(15)5-6-11(14-9)17-4;1-11-8-3-2-6-7(10-8)4-5-9-6/h4-14,24H,3H2,1-2H3,(H,26,27);5-7,18-19H,1-4H3;5-8H,1-4H3;2-5,9H,1H3. The van der Waals surface area contributed by atoms with Gasteiger partial charge >= 0.3 is 26.9 Å². The third-order valence-electron chi connectivity index (χ3n) is 11.7. The maximum Gasteiger partial charge on any atom is 0.506 e. The topological polar surface area (TPSA) is 287 Å². The molecule has 11 aromatic rings. The Bertz CT molecular complexity index is 4050. The summed E-state index contributed by atoms with van der Waals surface area (Å²) in [7, 11) is 0.867. The Balaban J connectivity index is 0.000000153. The Hall–Kier alpha value is -9.22. The third-order valence-corrected chi connectivity index (χ3v) is 13.6. The van der Waals surface area contributed by atoms with Gasteiger partial charge in [0.15, 0.2) is 0 Å². The summed E-state index contributed by atoms with van der Waals surface area (Å²) in [5.41, 5.74) is 6.90. The summed E-state index contributed by atoms with van der Waals surface area (Å²) in [5.74, 6) is 2.50. The molecule has 0 aliphatic heterocycles. The molecule has 23 nitrogen and oxygen atoms in total. The third kappa shape index (κ3) is 14.0. The summed E-state index contributed by atoms with van der Waals surface area (Å²) < 4.78 is 58.4. The number of carbonyl (C=O) groups excluding carboxylic acids is 2. The molecule has 9 heterocycles. The second-order valence-corrected chi connectivity index (χ2v) is 21.7. The van der Waals surface area contributed by atoms with E-state index in [1.54, 1.807) is 122 Å². The van der Waals surface area contributed by atoms with Crippen LogP contribution in [0.1, 0.15) is 48.5 Å². The molecule has 0 radical (unpaired) electrons. The molecule has 9 aromatic heterocycles. The number of H-pyrrole nitrogens is 3. The largest absolute Gasteiger partial charge is 0.506 e. The van der Waals surface area contributed by atoms with E-state index in [4.69, 9.17) is 37.5 Å². The van der Waals surface area contributed by atoms with Crippen molar-refractivity contribution in [3.63, 3.8) is 0 Å². The number of hydrogen-bond acceptors (Lipinski definition) is 18. The first-order chi connectivity index (χ1) is 39.1. The predicted molar refractivity (Wildman–Crippen MR) is 312 cm³/mol. The minimum atomic E-state index is -3.53. The lowest BCUT2D eigenvalue weighted by Gasteiger charge is -2.20. The van der Waals surface area contributed by atoms with Crippen molar-refractivity contribution in [1.82, 2.24) is 49.2 Å². The molecule has 0 spiro atoms. The van der Waals surface area contributed by atoms with E-state index in [-0.39, 0.29) is 12.2 Å². The molecule has 0 saturated carbocycles. The molecule has 11 rings (SSSR count). The van der Waals surface area contributed by atoms with Crippen molar-refractivity contribution in [2.75, 3.05) is 35.0 Å². The first-order valence-electron chi connectivity index (χ1n) is 25.5. The van der Waals surface area contributed by atoms with Crippen LogP contribution in [0.15, 0.2) is 134 Å². The van der Waals surface area contributed by atoms with Crippen LogP contribution >= 0.6 is 7.60 Å². The summed E-state index contributed by atoms with van der Waals surface area (Å²) in [6, 6.07) is 35.5. The first kappa shape index (κ1) is 58.9. The van der Waals surface area contributed by atoms with Crippen LogP contribution in [0.5, 0.6) is 29.3 Å². The lowest BCUT2D eigenvalue weighted by molar-refractivity contribution is 0.0534. The van der Waals surface area contributed by atoms with Crippen LogP contribution in [0.3, 0.4) is 0 Å². The normalized spacial score (nSPS) is 12.1. The smallest absolute Gasteiger partial charge is 0.481 e. The zero-order chi connectivity index (χ0) is 58.9. The summed E-state index contributed by atoms with van der Waals surface area (Å²) in [6.07, 6.45) is 2.39. The first-order valence-corrected chi connectivity index (χ1v) is 27.1. The highest BCUT2D eigenvalue weighted by molar-refractivity contribution is 7.62. The lowest BCUT2D eigenvalue weighted by atomic mass is 9.86. The van der Waals surface area contributed by atoms with Gasteiger partial charge in [-0.25, -0.2) is 34.1 Å². The average molecular weight is 1140 g/mol. The number of benzene rings is 2. The Morgan fingerprint density at radius 2 is 1.20 bits per heavy atom. The van der Waals surface area contributed by atoms with E-state index in [1.807, 2.05) is 75.5 Å². The fourth-order valence-electron chi connectivity index (χ4n) is 8.08. The number of aromatic amines is 3. The van der Waals surface area contributed by atoms with E-state index in [9.17, 15) is 24.2 Å². The number of aromatic nitrogens is 10. The lowest BCUT2D eigenvalue weighted by Crippen LogP contribution is -2.40. The van der Waals surface area contributed by atoms with E-state index >= 15 is 0 Å². The van der Waals surface area contributed by atoms with Crippen LogP contribution in [0.25, 0.3) is 66.4 Å². The number of nitrogens with zero attached hydrogens (tertiary/aromatic N) is 7. The summed E-state index contributed by atoms with van der Waals surface area (Å²) >= 11 is 0. The molecule has 0 saturated heterocycles. The molecule has 5 N–H and O–H groups in total. The molecular weight excluding hydrogens is 1070 g/mol. The molecule has 1 unspecified atom stereocenters. The van der Waals surface area contributed by atoms with Crippen molar-refractivity contribution in [3.8, 4) is 40.7 Å². The number of methoxy groups -OCH3 is 4. The predicted octanol–water partition coefficient (Wildman–Crippen LogP) is 9.96. The number of fused-ring (bicyclic) bond motifs is 5. The van der Waals surface area contributed by atoms with Crippen LogP contribution in [0.2, 0.25) is 0 Å². The number of pyridine rings is 4. The van der Waals surface area contributed by atoms with Crippen molar-refractivity contribution >= 4 is 92.8 Å². The molecular formula is C57H62BN10O13P. The Labute approximate surface area is 471 Å². The SMILES string of the molecule is CCOP(=O)(Oc1ccc2[nH]nc(-c3cc4nc(OC)ccc4[nH]3)c2c1)c1ccccc1.COc1ccc2[nH]ccc2n1.COc1ccc2c(cc(B(O)O)n2C(=O)OC(C)(C)C)n1.COc1ccc2c(ccn2C(=O)OC(C)(C)C)n1. The fourth-order valence-corrected chi connectivity index (χ4v) is 9.65. The van der Waals surface area contributed by atoms with Gasteiger partial charge in [0.25, 0.3) is 0 Å². The maximum absolute atomic E-state index is 13.5. The number of ether oxygens (including phenoxy) is 6. The van der Waals surface area contributed by atoms with Crippen LogP contribution in [0, 0.1) is 0 Å². The van der Waals surface area contributed by atoms with Crippen LogP contribution in [-0.4, -0.2) is 125 Å². The zero-order valence-electron chi connectivity index (χ0n) is 46.9. The number of nitrogens with one attached hydrogen (secondary N) is 3. The quantitative estimate of drug-likeness (QED) is 0.0594. The molecule has 82 heavy (non-hydrogen) atoms. The van der Waals surface area contributed by atoms with Gasteiger partial charge in [-0.05, 0) is 127 Å². The Morgan fingerprint density at radius 3 is 1.82 bits per heavy atom. The molecule has 0 fully saturated rings. The molecule has 0 bridgehead atoms. The second-order valence-electron chi connectivity index (χ2n) is 19.8. The Morgan fingerprint density at radius 1 is 0.622 bits per heavy atom. The van der Waals surface area contributed by atoms with Gasteiger partial charge in [-0.2, -0.15) is 5.10 Å². The van der Waals surface area contributed by atoms with E-state index < -0.39 is 38.1 Å². The van der Waals surface area contributed by atoms with Gasteiger partial charge < -0.3 is 53.0 Å². The molecule has 0 aliphatic rings. The van der Waals surface area contributed by atoms with Gasteiger partial charge in [0.2, 0.25) is 23.5 Å². The monoisotopic (exact) mass is 1140 g/mol. The Kier molecular flexibility index (Phi) is 18.0. The minimum Gasteiger partial charge on any atom is -0.481 e. The number of carbonyl (C=O) groups is 2. The van der Waals surface area contributed by atoms with Gasteiger partial charge in [0.1, 0.15) is 22.6 Å². The van der Waals surface area contributed by atoms with Gasteiger partial charge in [-0.1, -0.05) is 18.2 Å². The summed E-state index contributed by atoms with van der Waals surface area (Å²) in [6.45, 7) is 12.7. The van der Waals surface area contributed by atoms with Gasteiger partial charge in [0.05, 0.1) is 101 Å². The minimum absolute atomic E-state index is 0.0139. The molecule has 0 aliphatic carbocycles. The van der Waals surface area contributed by atoms with Crippen molar-refractivity contribution in [3.05, 3.63) is 134 Å². The highest BCUT2D eigenvalue weighted by atomic mass is 31.2. The van der Waals surface area contributed by atoms with E-state index in [2.05, 4.69) is 40.1 Å². The molecule has 25 heteroatoms. The summed E-state index contributed by atoms with van der Waals surface area (Å²) in [5, 5.41) is 27.7. The highest BCUT2D eigenvalue weighted by Crippen LogP contribution is 2.48. The van der Waals surface area contributed by atoms with Crippen molar-refractivity contribution in [1.29, 1.82) is 0 Å². The second kappa shape index (κ2) is 25.1. The molecule has 0 amide bonds. The maximum atomic E-state index is 13.5. The van der Waals surface area contributed by atoms with Gasteiger partial charge in [-0.3, -0.25) is 18.8 Å². The van der Waals surface area contributed by atoms with Crippen molar-refractivity contribution in [2.24, 2.45) is 0 Å². The van der Waals surface area contributed by atoms with Crippen molar-refractivity contribution in [2.45, 2.75) is 59.7 Å². The van der Waals surface area contributed by atoms with Gasteiger partial charge in [0, 0.05) is 42.0 Å². The number of hydrogen-bond donors (Lipinski definition) is 5. The van der Waals surface area contributed by atoms with E-state index in [0.29, 0.717) is 62.3 Å². The summed E-state index contributed by atoms with van der Waals surface area (Å²) in [4.78, 5) is 47.7. The van der Waals surface area contributed by atoms with Crippen LogP contribution in [0.4, 0.5) is 9.59 Å². The van der Waals surface area contributed by atoms with Crippen LogP contribution < -0.4 is 34.4 Å². The number of rotatable bonds is 11. The molecule has 426 valence electrons. The highest BCUT2D eigenvalue weighted by Gasteiger charge is 2.30. The van der Waals surface area contributed by atoms with Gasteiger partial charge in [-0.15, -0.1) is 0 Å².